The highest BCUT2D eigenvalue weighted by molar-refractivity contribution is 5.44. The molecule has 6 nitrogen and oxygen atoms in total. The molecule has 1 aromatic rings. The second kappa shape index (κ2) is 11.7. The zero-order valence-corrected chi connectivity index (χ0v) is 17.8. The quantitative estimate of drug-likeness (QED) is 0.366. The molecule has 0 bridgehead atoms. The Balaban J connectivity index is 1.60. The van der Waals surface area contributed by atoms with Gasteiger partial charge in [0.05, 0.1) is 12.1 Å². The number of benzene rings is 1. The summed E-state index contributed by atoms with van der Waals surface area (Å²) in [6, 6.07) is 5.40. The van der Waals surface area contributed by atoms with Crippen LogP contribution in [-0.4, -0.2) is 60.2 Å². The monoisotopic (exact) mass is 406 g/mol. The molecule has 0 saturated carbocycles. The molecule has 1 aromatic carbocycles. The van der Waals surface area contributed by atoms with E-state index in [1.807, 2.05) is 18.2 Å². The van der Waals surface area contributed by atoms with Crippen LogP contribution in [0.3, 0.4) is 0 Å². The maximum absolute atomic E-state index is 11.1. The average molecular weight is 407 g/mol. The van der Waals surface area contributed by atoms with E-state index in [1.165, 1.54) is 32.1 Å². The summed E-state index contributed by atoms with van der Waals surface area (Å²) >= 11 is 0. The lowest BCUT2D eigenvalue weighted by molar-refractivity contribution is 0.0462. The minimum Gasteiger partial charge on any atom is -0.486 e. The number of nitrogens with zero attached hydrogens (tertiary/aromatic N) is 1. The van der Waals surface area contributed by atoms with Crippen LogP contribution in [0.25, 0.3) is 0 Å². The van der Waals surface area contributed by atoms with Gasteiger partial charge >= 0.3 is 0 Å². The Kier molecular flexibility index (Phi) is 9.05. The van der Waals surface area contributed by atoms with E-state index in [1.54, 1.807) is 0 Å². The second-order valence-corrected chi connectivity index (χ2v) is 8.35. The fourth-order valence-corrected chi connectivity index (χ4v) is 4.23. The Morgan fingerprint density at radius 3 is 2.48 bits per heavy atom. The van der Waals surface area contributed by atoms with Crippen molar-refractivity contribution in [3.05, 3.63) is 23.8 Å². The van der Waals surface area contributed by atoms with Crippen LogP contribution in [0.15, 0.2) is 18.2 Å². The lowest BCUT2D eigenvalue weighted by atomic mass is 10.00. The van der Waals surface area contributed by atoms with Crippen LogP contribution in [0.5, 0.6) is 11.5 Å². The second-order valence-electron chi connectivity index (χ2n) is 8.35. The summed E-state index contributed by atoms with van der Waals surface area (Å²) in [7, 11) is 0. The number of ether oxygens (including phenoxy) is 2. The Morgan fingerprint density at radius 2 is 1.72 bits per heavy atom. The number of nitrogens with one attached hydrogen (secondary N) is 1. The highest BCUT2D eigenvalue weighted by atomic mass is 16.6. The molecule has 1 fully saturated rings. The molecule has 1 saturated heterocycles. The number of hydrogen-bond donors (Lipinski definition) is 3. The lowest BCUT2D eigenvalue weighted by Gasteiger charge is -2.31. The van der Waals surface area contributed by atoms with Crippen molar-refractivity contribution in [2.75, 3.05) is 32.8 Å². The van der Waals surface area contributed by atoms with E-state index in [0.717, 1.165) is 43.8 Å². The van der Waals surface area contributed by atoms with Crippen molar-refractivity contribution in [1.82, 2.24) is 10.2 Å². The smallest absolute Gasteiger partial charge is 0.161 e. The first-order valence-corrected chi connectivity index (χ1v) is 11.4. The molecule has 0 radical (unpaired) electrons. The van der Waals surface area contributed by atoms with Gasteiger partial charge in [-0.2, -0.15) is 0 Å². The first-order chi connectivity index (χ1) is 14.2. The van der Waals surface area contributed by atoms with Crippen molar-refractivity contribution < 1.29 is 19.7 Å². The Labute approximate surface area is 175 Å². The molecule has 2 aliphatic heterocycles. The standard InChI is InChI=1S/C23H38N2O4/c1-2-3-4-5-6-9-22(26)24-19(17-25-12-7-8-13-25)23(27)18-10-11-20-21(16-18)29-15-14-28-20/h10-11,16,19,22-24,26-27H,2-9,12-15,17H2,1H3/t19-,22+,23-/m1/s1. The molecule has 0 amide bonds. The molecule has 0 spiro atoms. The molecule has 0 unspecified atom stereocenters. The van der Waals surface area contributed by atoms with Gasteiger partial charge in [-0.25, -0.2) is 0 Å². The molecule has 0 aliphatic carbocycles. The van der Waals surface area contributed by atoms with Crippen LogP contribution in [0.1, 0.15) is 70.0 Å². The maximum Gasteiger partial charge on any atom is 0.161 e. The van der Waals surface area contributed by atoms with Gasteiger partial charge in [-0.3, -0.25) is 5.32 Å². The third-order valence-electron chi connectivity index (χ3n) is 5.93. The van der Waals surface area contributed by atoms with E-state index >= 15 is 0 Å². The Bertz CT molecular complexity index is 607. The zero-order valence-electron chi connectivity index (χ0n) is 17.8. The number of aliphatic hydroxyl groups excluding tert-OH is 2. The normalized spacial score (nSPS) is 19.8. The fourth-order valence-electron chi connectivity index (χ4n) is 4.23. The minimum absolute atomic E-state index is 0.235. The van der Waals surface area contributed by atoms with Gasteiger partial charge in [0.2, 0.25) is 0 Å². The summed E-state index contributed by atoms with van der Waals surface area (Å²) in [4.78, 5) is 2.37. The van der Waals surface area contributed by atoms with Gasteiger partial charge in [-0.05, 0) is 56.5 Å². The number of hydrogen-bond acceptors (Lipinski definition) is 6. The van der Waals surface area contributed by atoms with Gasteiger partial charge < -0.3 is 24.6 Å². The molecule has 3 atom stereocenters. The average Bonchev–Trinajstić information content (AvgIpc) is 3.25. The predicted octanol–water partition coefficient (Wildman–Crippen LogP) is 3.22. The summed E-state index contributed by atoms with van der Waals surface area (Å²) < 4.78 is 11.3. The summed E-state index contributed by atoms with van der Waals surface area (Å²) in [6.45, 7) is 6.12. The number of fused-ring (bicyclic) bond motifs is 1. The van der Waals surface area contributed by atoms with E-state index in [-0.39, 0.29) is 6.04 Å². The van der Waals surface area contributed by atoms with Gasteiger partial charge in [-0.15, -0.1) is 0 Å². The third-order valence-corrected chi connectivity index (χ3v) is 5.93. The first kappa shape index (κ1) is 22.3. The largest absolute Gasteiger partial charge is 0.486 e. The number of rotatable bonds is 12. The third kappa shape index (κ3) is 6.85. The Hall–Kier alpha value is -1.34. The SMILES string of the molecule is CCCCCCC[C@H](O)N[C@H](CN1CCCC1)[C@H](O)c1ccc2c(c1)OCCO2. The molecule has 2 aliphatic rings. The molecule has 2 heterocycles. The minimum atomic E-state index is -0.721. The van der Waals surface area contributed by atoms with Crippen molar-refractivity contribution in [2.45, 2.75) is 76.7 Å². The summed E-state index contributed by atoms with van der Waals surface area (Å²) in [5.74, 6) is 1.41. The molecule has 164 valence electrons. The number of unbranched alkanes of at least 4 members (excludes halogenated alkanes) is 4. The molecule has 0 aromatic heterocycles. The van der Waals surface area contributed by atoms with Gasteiger partial charge in [0.25, 0.3) is 0 Å². The topological polar surface area (TPSA) is 74.2 Å². The van der Waals surface area contributed by atoms with Crippen molar-refractivity contribution in [3.8, 4) is 11.5 Å². The molecular formula is C23H38N2O4. The molecule has 6 heteroatoms. The molecule has 29 heavy (non-hydrogen) atoms. The van der Waals surface area contributed by atoms with Crippen molar-refractivity contribution in [2.24, 2.45) is 0 Å². The van der Waals surface area contributed by atoms with E-state index in [9.17, 15) is 10.2 Å². The van der Waals surface area contributed by atoms with Crippen molar-refractivity contribution in [1.29, 1.82) is 0 Å². The van der Waals surface area contributed by atoms with E-state index in [0.29, 0.717) is 25.4 Å². The van der Waals surface area contributed by atoms with Crippen LogP contribution in [-0.2, 0) is 0 Å². The highest BCUT2D eigenvalue weighted by Crippen LogP contribution is 2.33. The highest BCUT2D eigenvalue weighted by Gasteiger charge is 2.27. The predicted molar refractivity (Wildman–Crippen MR) is 114 cm³/mol. The molecule has 3 N–H and O–H groups in total. The van der Waals surface area contributed by atoms with Crippen molar-refractivity contribution >= 4 is 0 Å². The van der Waals surface area contributed by atoms with E-state index in [2.05, 4.69) is 17.1 Å². The van der Waals surface area contributed by atoms with Crippen LogP contribution in [0, 0.1) is 0 Å². The van der Waals surface area contributed by atoms with Crippen LogP contribution < -0.4 is 14.8 Å². The van der Waals surface area contributed by atoms with Gasteiger partial charge in [0.1, 0.15) is 19.4 Å². The lowest BCUT2D eigenvalue weighted by Crippen LogP contribution is -2.48. The number of likely N-dealkylation sites (tertiary alicyclic amines) is 1. The molecule has 3 rings (SSSR count). The van der Waals surface area contributed by atoms with Crippen LogP contribution >= 0.6 is 0 Å². The summed E-state index contributed by atoms with van der Waals surface area (Å²) in [5, 5.41) is 25.0. The van der Waals surface area contributed by atoms with Crippen molar-refractivity contribution in [3.63, 3.8) is 0 Å². The van der Waals surface area contributed by atoms with E-state index < -0.39 is 12.3 Å². The first-order valence-electron chi connectivity index (χ1n) is 11.4. The van der Waals surface area contributed by atoms with Crippen LogP contribution in [0.2, 0.25) is 0 Å². The van der Waals surface area contributed by atoms with Gasteiger partial charge in [0.15, 0.2) is 11.5 Å². The van der Waals surface area contributed by atoms with Gasteiger partial charge in [0, 0.05) is 6.54 Å². The van der Waals surface area contributed by atoms with Crippen LogP contribution in [0.4, 0.5) is 0 Å². The maximum atomic E-state index is 11.1. The van der Waals surface area contributed by atoms with Gasteiger partial charge in [-0.1, -0.05) is 38.7 Å². The Morgan fingerprint density at radius 1 is 1.00 bits per heavy atom. The number of aliphatic hydroxyl groups is 2. The fraction of sp³-hybridized carbons (Fsp3) is 0.739. The zero-order chi connectivity index (χ0) is 20.5. The molecular weight excluding hydrogens is 368 g/mol. The summed E-state index contributed by atoms with van der Waals surface area (Å²) in [5.41, 5.74) is 0.793. The summed E-state index contributed by atoms with van der Waals surface area (Å²) in [6.07, 6.45) is 7.65. The van der Waals surface area contributed by atoms with E-state index in [4.69, 9.17) is 9.47 Å².